The van der Waals surface area contributed by atoms with Gasteiger partial charge in [-0.25, -0.2) is 0 Å². The average molecular weight is 336 g/mol. The molecular weight excluding hydrogens is 304 g/mol. The highest BCUT2D eigenvalue weighted by atomic mass is 16.6. The van der Waals surface area contributed by atoms with Crippen molar-refractivity contribution in [3.63, 3.8) is 0 Å². The maximum absolute atomic E-state index is 10.5. The van der Waals surface area contributed by atoms with Gasteiger partial charge in [-0.3, -0.25) is 0 Å². The van der Waals surface area contributed by atoms with Gasteiger partial charge in [-0.15, -0.1) is 0 Å². The molecule has 4 heteroatoms. The van der Waals surface area contributed by atoms with Crippen LogP contribution in [0.1, 0.15) is 59.8 Å². The minimum Gasteiger partial charge on any atom is -0.393 e. The fraction of sp³-hybridized carbons (Fsp3) is 0.700. The standard InChI is InChI=1S/C20H32O4/c1-14-7-9-16(19(3,23)13-21)12-17(22)15(2)6-5-11-20(4)18(24-20)10-8-14/h6-7,9,17-18,21-23H,5,8,10-13H2,1-4H3/b14-7+,15-6+,16-9+/t17-,18+,19+,20+/m1/s1. The molecule has 0 unspecified atom stereocenters. The highest BCUT2D eigenvalue weighted by Crippen LogP contribution is 2.43. The third-order valence-corrected chi connectivity index (χ3v) is 5.45. The Labute approximate surface area is 145 Å². The van der Waals surface area contributed by atoms with E-state index in [0.717, 1.165) is 31.3 Å². The first-order valence-electron chi connectivity index (χ1n) is 8.90. The van der Waals surface area contributed by atoms with Gasteiger partial charge in [-0.1, -0.05) is 23.8 Å². The molecule has 1 aliphatic heterocycles. The first kappa shape index (κ1) is 19.4. The molecule has 0 bridgehead atoms. The van der Waals surface area contributed by atoms with E-state index >= 15 is 0 Å². The van der Waals surface area contributed by atoms with Crippen molar-refractivity contribution in [1.29, 1.82) is 0 Å². The summed E-state index contributed by atoms with van der Waals surface area (Å²) in [6.45, 7) is 7.36. The lowest BCUT2D eigenvalue weighted by Gasteiger charge is -2.26. The van der Waals surface area contributed by atoms with Gasteiger partial charge in [0.15, 0.2) is 0 Å². The predicted molar refractivity (Wildman–Crippen MR) is 95.7 cm³/mol. The van der Waals surface area contributed by atoms with Gasteiger partial charge in [0.1, 0.15) is 5.60 Å². The van der Waals surface area contributed by atoms with E-state index in [-0.39, 0.29) is 12.2 Å². The number of aliphatic hydroxyl groups is 3. The highest BCUT2D eigenvalue weighted by Gasteiger charge is 2.50. The average Bonchev–Trinajstić information content (AvgIpc) is 3.18. The number of ether oxygens (including phenoxy) is 1. The lowest BCUT2D eigenvalue weighted by molar-refractivity contribution is 0.0263. The molecule has 1 heterocycles. The molecule has 0 radical (unpaired) electrons. The number of fused-ring (bicyclic) bond motifs is 1. The minimum atomic E-state index is -1.33. The van der Waals surface area contributed by atoms with Crippen molar-refractivity contribution in [3.8, 4) is 0 Å². The molecular formula is C20H32O4. The summed E-state index contributed by atoms with van der Waals surface area (Å²) in [4.78, 5) is 0. The van der Waals surface area contributed by atoms with Crippen LogP contribution in [-0.2, 0) is 4.74 Å². The van der Waals surface area contributed by atoms with Crippen molar-refractivity contribution in [1.82, 2.24) is 0 Å². The fourth-order valence-corrected chi connectivity index (χ4v) is 3.22. The Balaban J connectivity index is 2.26. The summed E-state index contributed by atoms with van der Waals surface area (Å²) in [6.07, 6.45) is 9.65. The van der Waals surface area contributed by atoms with Gasteiger partial charge in [-0.2, -0.15) is 0 Å². The van der Waals surface area contributed by atoms with E-state index in [2.05, 4.69) is 19.9 Å². The first-order valence-corrected chi connectivity index (χ1v) is 8.90. The Morgan fingerprint density at radius 2 is 2.04 bits per heavy atom. The molecule has 1 saturated heterocycles. The van der Waals surface area contributed by atoms with Gasteiger partial charge < -0.3 is 20.1 Å². The predicted octanol–water partition coefficient (Wildman–Crippen LogP) is 3.03. The van der Waals surface area contributed by atoms with Crippen LogP contribution in [0.2, 0.25) is 0 Å². The lowest BCUT2D eigenvalue weighted by Crippen LogP contribution is -2.33. The quantitative estimate of drug-likeness (QED) is 0.535. The number of rotatable bonds is 2. The van der Waals surface area contributed by atoms with Crippen molar-refractivity contribution in [2.45, 2.75) is 83.2 Å². The van der Waals surface area contributed by atoms with Crippen LogP contribution in [0.3, 0.4) is 0 Å². The Morgan fingerprint density at radius 3 is 2.71 bits per heavy atom. The molecule has 0 aromatic heterocycles. The molecule has 2 aliphatic rings. The third-order valence-electron chi connectivity index (χ3n) is 5.45. The second kappa shape index (κ2) is 7.52. The van der Waals surface area contributed by atoms with Crippen LogP contribution in [0.25, 0.3) is 0 Å². The second-order valence-electron chi connectivity index (χ2n) is 7.80. The monoisotopic (exact) mass is 336 g/mol. The zero-order valence-electron chi connectivity index (χ0n) is 15.4. The van der Waals surface area contributed by atoms with E-state index in [1.807, 2.05) is 19.1 Å². The molecule has 136 valence electrons. The lowest BCUT2D eigenvalue weighted by atomic mass is 9.88. The van der Waals surface area contributed by atoms with E-state index < -0.39 is 11.7 Å². The van der Waals surface area contributed by atoms with Crippen molar-refractivity contribution < 1.29 is 20.1 Å². The van der Waals surface area contributed by atoms with Crippen molar-refractivity contribution in [3.05, 3.63) is 34.9 Å². The maximum Gasteiger partial charge on any atom is 0.106 e. The number of aliphatic hydroxyl groups excluding tert-OH is 2. The molecule has 4 atom stereocenters. The van der Waals surface area contributed by atoms with E-state index in [1.54, 1.807) is 6.92 Å². The van der Waals surface area contributed by atoms with Gasteiger partial charge in [0.25, 0.3) is 0 Å². The first-order chi connectivity index (χ1) is 11.2. The van der Waals surface area contributed by atoms with Crippen molar-refractivity contribution in [2.75, 3.05) is 6.61 Å². The third kappa shape index (κ3) is 4.79. The zero-order valence-corrected chi connectivity index (χ0v) is 15.4. The number of epoxide rings is 1. The summed E-state index contributed by atoms with van der Waals surface area (Å²) in [5.74, 6) is 0. The summed E-state index contributed by atoms with van der Waals surface area (Å²) >= 11 is 0. The summed E-state index contributed by atoms with van der Waals surface area (Å²) in [5, 5.41) is 30.4. The SMILES string of the molecule is C/C1=C\C=C(\[C@@](C)(O)CO)C[C@@H](O)/C(C)=C/CC[C@]2(C)O[C@H]2CC1. The smallest absolute Gasteiger partial charge is 0.106 e. The van der Waals surface area contributed by atoms with Crippen molar-refractivity contribution >= 4 is 0 Å². The maximum atomic E-state index is 10.5. The van der Waals surface area contributed by atoms with Crippen LogP contribution in [0, 0.1) is 0 Å². The molecule has 0 aromatic carbocycles. The van der Waals surface area contributed by atoms with E-state index in [0.29, 0.717) is 18.1 Å². The largest absolute Gasteiger partial charge is 0.393 e. The summed E-state index contributed by atoms with van der Waals surface area (Å²) in [5.41, 5.74) is 1.40. The Morgan fingerprint density at radius 1 is 1.33 bits per heavy atom. The van der Waals surface area contributed by atoms with Crippen LogP contribution in [0.4, 0.5) is 0 Å². The highest BCUT2D eigenvalue weighted by molar-refractivity contribution is 5.26. The Kier molecular flexibility index (Phi) is 6.08. The Bertz CT molecular complexity index is 544. The van der Waals surface area contributed by atoms with Crippen LogP contribution < -0.4 is 0 Å². The van der Waals surface area contributed by atoms with Crippen LogP contribution in [0.5, 0.6) is 0 Å². The number of allylic oxidation sites excluding steroid dienone is 4. The topological polar surface area (TPSA) is 73.2 Å². The van der Waals surface area contributed by atoms with Gasteiger partial charge in [0, 0.05) is 6.42 Å². The molecule has 0 aromatic rings. The molecule has 1 aliphatic carbocycles. The molecule has 24 heavy (non-hydrogen) atoms. The van der Waals surface area contributed by atoms with E-state index in [4.69, 9.17) is 4.74 Å². The Hall–Kier alpha value is -0.940. The molecule has 0 spiro atoms. The summed E-state index contributed by atoms with van der Waals surface area (Å²) < 4.78 is 5.88. The molecule has 2 rings (SSSR count). The van der Waals surface area contributed by atoms with Gasteiger partial charge in [0.2, 0.25) is 0 Å². The van der Waals surface area contributed by atoms with E-state index in [9.17, 15) is 15.3 Å². The molecule has 4 nitrogen and oxygen atoms in total. The zero-order chi connectivity index (χ0) is 18.0. The molecule has 0 amide bonds. The van der Waals surface area contributed by atoms with Gasteiger partial charge >= 0.3 is 0 Å². The van der Waals surface area contributed by atoms with Gasteiger partial charge in [-0.05, 0) is 64.5 Å². The normalized spacial score (nSPS) is 41.4. The minimum absolute atomic E-state index is 0.0202. The summed E-state index contributed by atoms with van der Waals surface area (Å²) in [6, 6.07) is 0. The fourth-order valence-electron chi connectivity index (χ4n) is 3.22. The van der Waals surface area contributed by atoms with Crippen LogP contribution >= 0.6 is 0 Å². The van der Waals surface area contributed by atoms with Gasteiger partial charge in [0.05, 0.1) is 24.4 Å². The molecule has 1 fully saturated rings. The van der Waals surface area contributed by atoms with Crippen LogP contribution in [-0.4, -0.2) is 45.3 Å². The van der Waals surface area contributed by atoms with Crippen LogP contribution in [0.15, 0.2) is 34.9 Å². The molecule has 0 saturated carbocycles. The second-order valence-corrected chi connectivity index (χ2v) is 7.80. The number of hydrogen-bond acceptors (Lipinski definition) is 4. The summed E-state index contributed by atoms with van der Waals surface area (Å²) in [7, 11) is 0. The van der Waals surface area contributed by atoms with Crippen molar-refractivity contribution in [2.24, 2.45) is 0 Å². The van der Waals surface area contributed by atoms with E-state index in [1.165, 1.54) is 5.57 Å². The molecule has 3 N–H and O–H groups in total. The number of hydrogen-bond donors (Lipinski definition) is 3.